The molecule has 36 heavy (non-hydrogen) atoms. The zero-order valence-electron chi connectivity index (χ0n) is 21.1. The molecule has 0 fully saturated rings. The number of carbonyl (C=O) groups is 1. The summed E-state index contributed by atoms with van der Waals surface area (Å²) in [6.07, 6.45) is 1.09. The van der Waals surface area contributed by atoms with Gasteiger partial charge in [0.15, 0.2) is 5.75 Å². The van der Waals surface area contributed by atoms with E-state index < -0.39 is 11.7 Å². The minimum Gasteiger partial charge on any atom is -0.442 e. The first kappa shape index (κ1) is 25.3. The summed E-state index contributed by atoms with van der Waals surface area (Å²) in [7, 11) is 1.62. The maximum Gasteiger partial charge on any atom is 0.443 e. The Morgan fingerprint density at radius 1 is 1.17 bits per heavy atom. The molecule has 0 spiro atoms. The summed E-state index contributed by atoms with van der Waals surface area (Å²) in [6, 6.07) is 9.52. The van der Waals surface area contributed by atoms with Gasteiger partial charge >= 0.3 is 6.09 Å². The molecule has 0 aliphatic heterocycles. The standard InChI is InChI=1S/C26H27N5O4S/c1-7-31(25(32)34-26(3,4)5)35-18-10-16(12-27)22-21(11-18)36-24(30-22)19-8-15(2)9-20-23(19)28-13-17(29-20)14-33-6/h8-11,13H,7,14H2,1-6H3. The molecule has 0 bridgehead atoms. The third kappa shape index (κ3) is 5.37. The van der Waals surface area contributed by atoms with Crippen molar-refractivity contribution in [1.82, 2.24) is 20.0 Å². The van der Waals surface area contributed by atoms with Crippen molar-refractivity contribution in [2.24, 2.45) is 0 Å². The van der Waals surface area contributed by atoms with Crippen LogP contribution in [-0.4, -0.2) is 45.4 Å². The summed E-state index contributed by atoms with van der Waals surface area (Å²) in [5.74, 6) is 0.347. The van der Waals surface area contributed by atoms with Gasteiger partial charge in [-0.3, -0.25) is 4.98 Å². The Labute approximate surface area is 213 Å². The highest BCUT2D eigenvalue weighted by atomic mass is 32.1. The van der Waals surface area contributed by atoms with Crippen LogP contribution in [0.25, 0.3) is 31.8 Å². The van der Waals surface area contributed by atoms with Gasteiger partial charge in [0.25, 0.3) is 0 Å². The fourth-order valence-corrected chi connectivity index (χ4v) is 4.65. The van der Waals surface area contributed by atoms with Gasteiger partial charge in [0, 0.05) is 24.8 Å². The third-order valence-electron chi connectivity index (χ3n) is 5.05. The number of rotatable bonds is 6. The fourth-order valence-electron chi connectivity index (χ4n) is 3.61. The van der Waals surface area contributed by atoms with E-state index in [-0.39, 0.29) is 6.54 Å². The van der Waals surface area contributed by atoms with Crippen LogP contribution in [0, 0.1) is 18.3 Å². The highest BCUT2D eigenvalue weighted by Gasteiger charge is 2.24. The first-order valence-electron chi connectivity index (χ1n) is 11.4. The van der Waals surface area contributed by atoms with E-state index in [1.165, 1.54) is 11.3 Å². The Hall–Kier alpha value is -3.81. The molecule has 1 amide bonds. The molecular formula is C26H27N5O4S. The second-order valence-corrected chi connectivity index (χ2v) is 10.2. The molecule has 2 heterocycles. The quantitative estimate of drug-likeness (QED) is 0.303. The van der Waals surface area contributed by atoms with Crippen molar-refractivity contribution in [1.29, 1.82) is 5.26 Å². The minimum absolute atomic E-state index is 0.266. The summed E-state index contributed by atoms with van der Waals surface area (Å²) < 4.78 is 11.3. The highest BCUT2D eigenvalue weighted by Crippen LogP contribution is 2.37. The molecule has 0 aliphatic carbocycles. The predicted octanol–water partition coefficient (Wildman–Crippen LogP) is 5.78. The minimum atomic E-state index is -0.661. The summed E-state index contributed by atoms with van der Waals surface area (Å²) in [5, 5.41) is 11.6. The molecule has 2 aromatic heterocycles. The molecule has 4 rings (SSSR count). The smallest absolute Gasteiger partial charge is 0.442 e. The molecule has 0 saturated carbocycles. The maximum atomic E-state index is 12.5. The Morgan fingerprint density at radius 2 is 1.94 bits per heavy atom. The average Bonchev–Trinajstić information content (AvgIpc) is 3.24. The van der Waals surface area contributed by atoms with Crippen LogP contribution >= 0.6 is 11.3 Å². The number of hydrogen-bond donors (Lipinski definition) is 0. The van der Waals surface area contributed by atoms with Crippen molar-refractivity contribution < 1.29 is 19.1 Å². The Bertz CT molecular complexity index is 1490. The first-order chi connectivity index (χ1) is 17.1. The maximum absolute atomic E-state index is 12.5. The number of benzene rings is 2. The zero-order chi connectivity index (χ0) is 26.0. The first-order valence-corrected chi connectivity index (χ1v) is 12.2. The van der Waals surface area contributed by atoms with Crippen LogP contribution in [0.1, 0.15) is 44.5 Å². The number of ether oxygens (including phenoxy) is 2. The van der Waals surface area contributed by atoms with Crippen LogP contribution in [0.3, 0.4) is 0 Å². The van der Waals surface area contributed by atoms with E-state index in [9.17, 15) is 10.1 Å². The van der Waals surface area contributed by atoms with E-state index in [1.807, 2.05) is 19.1 Å². The molecule has 0 radical (unpaired) electrons. The van der Waals surface area contributed by atoms with E-state index in [0.29, 0.717) is 28.4 Å². The number of nitrogens with zero attached hydrogens (tertiary/aromatic N) is 5. The number of hydrogen-bond acceptors (Lipinski definition) is 9. The molecule has 0 aliphatic rings. The van der Waals surface area contributed by atoms with Crippen LogP contribution in [-0.2, 0) is 16.1 Å². The molecule has 0 saturated heterocycles. The molecule has 2 aromatic carbocycles. The zero-order valence-corrected chi connectivity index (χ0v) is 21.9. The van der Waals surface area contributed by atoms with E-state index >= 15 is 0 Å². The van der Waals surface area contributed by atoms with Crippen molar-refractivity contribution in [2.75, 3.05) is 13.7 Å². The number of thiazole rings is 1. The van der Waals surface area contributed by atoms with Crippen LogP contribution in [0.15, 0.2) is 30.5 Å². The SMILES string of the molecule is CCN(Oc1cc(C#N)c2nc(-c3cc(C)cc4nc(COC)cnc34)sc2c1)C(=O)OC(C)(C)C. The van der Waals surface area contributed by atoms with E-state index in [4.69, 9.17) is 19.3 Å². The number of carbonyl (C=O) groups excluding carboxylic acids is 1. The summed E-state index contributed by atoms with van der Waals surface area (Å²) in [5.41, 5.74) is 4.30. The molecule has 0 N–H and O–H groups in total. The topological polar surface area (TPSA) is 110 Å². The van der Waals surface area contributed by atoms with Gasteiger partial charge in [-0.15, -0.1) is 16.4 Å². The monoisotopic (exact) mass is 505 g/mol. The Kier molecular flexibility index (Phi) is 7.06. The number of nitriles is 1. The number of aryl methyl sites for hydroxylation is 1. The highest BCUT2D eigenvalue weighted by molar-refractivity contribution is 7.21. The Balaban J connectivity index is 1.75. The van der Waals surface area contributed by atoms with Gasteiger partial charge in [-0.25, -0.2) is 14.8 Å². The van der Waals surface area contributed by atoms with Crippen molar-refractivity contribution in [3.8, 4) is 22.4 Å². The fraction of sp³-hybridized carbons (Fsp3) is 0.346. The number of methoxy groups -OCH3 is 1. The van der Waals surface area contributed by atoms with E-state index in [1.54, 1.807) is 53.1 Å². The summed E-state index contributed by atoms with van der Waals surface area (Å²) in [4.78, 5) is 32.4. The molecule has 4 aromatic rings. The molecule has 186 valence electrons. The van der Waals surface area contributed by atoms with E-state index in [0.717, 1.165) is 37.6 Å². The second-order valence-electron chi connectivity index (χ2n) is 9.19. The third-order valence-corrected chi connectivity index (χ3v) is 6.09. The van der Waals surface area contributed by atoms with E-state index in [2.05, 4.69) is 16.0 Å². The number of fused-ring (bicyclic) bond motifs is 2. The molecular weight excluding hydrogens is 478 g/mol. The number of aromatic nitrogens is 3. The van der Waals surface area contributed by atoms with Gasteiger partial charge in [-0.2, -0.15) is 5.26 Å². The molecule has 9 nitrogen and oxygen atoms in total. The van der Waals surface area contributed by atoms with Crippen molar-refractivity contribution >= 4 is 38.7 Å². The Morgan fingerprint density at radius 3 is 2.61 bits per heavy atom. The van der Waals surface area contributed by atoms with Crippen LogP contribution < -0.4 is 4.84 Å². The second kappa shape index (κ2) is 10.0. The van der Waals surface area contributed by atoms with Crippen LogP contribution in [0.5, 0.6) is 5.75 Å². The van der Waals surface area contributed by atoms with Crippen LogP contribution in [0.4, 0.5) is 4.79 Å². The average molecular weight is 506 g/mol. The van der Waals surface area contributed by atoms with Crippen LogP contribution in [0.2, 0.25) is 0 Å². The normalized spacial score (nSPS) is 11.5. The van der Waals surface area contributed by atoms with Gasteiger partial charge in [0.1, 0.15) is 16.7 Å². The van der Waals surface area contributed by atoms with Gasteiger partial charge in [-0.05, 0) is 52.3 Å². The van der Waals surface area contributed by atoms with Gasteiger partial charge < -0.3 is 14.3 Å². The molecule has 0 unspecified atom stereocenters. The predicted molar refractivity (Wildman–Crippen MR) is 138 cm³/mol. The lowest BCUT2D eigenvalue weighted by atomic mass is 10.1. The number of amides is 1. The van der Waals surface area contributed by atoms with Gasteiger partial charge in [0.05, 0.1) is 51.9 Å². The lowest BCUT2D eigenvalue weighted by Crippen LogP contribution is -2.38. The van der Waals surface area contributed by atoms with Crippen molar-refractivity contribution in [3.05, 3.63) is 47.3 Å². The number of hydroxylamine groups is 2. The summed E-state index contributed by atoms with van der Waals surface area (Å²) in [6.45, 7) is 9.77. The van der Waals surface area contributed by atoms with Crippen molar-refractivity contribution in [2.45, 2.75) is 46.8 Å². The molecule has 0 atom stereocenters. The molecule has 10 heteroatoms. The largest absolute Gasteiger partial charge is 0.443 e. The lowest BCUT2D eigenvalue weighted by molar-refractivity contribution is -0.0693. The van der Waals surface area contributed by atoms with Gasteiger partial charge in [0.2, 0.25) is 0 Å². The van der Waals surface area contributed by atoms with Crippen molar-refractivity contribution in [3.63, 3.8) is 0 Å². The summed E-state index contributed by atoms with van der Waals surface area (Å²) >= 11 is 1.42. The van der Waals surface area contributed by atoms with Gasteiger partial charge in [-0.1, -0.05) is 0 Å². The lowest BCUT2D eigenvalue weighted by Gasteiger charge is -2.26.